The summed E-state index contributed by atoms with van der Waals surface area (Å²) < 4.78 is 3.24. The summed E-state index contributed by atoms with van der Waals surface area (Å²) in [7, 11) is 0. The van der Waals surface area contributed by atoms with Gasteiger partial charge < -0.3 is 10.5 Å². The van der Waals surface area contributed by atoms with E-state index >= 15 is 0 Å². The number of ether oxygens (including phenoxy) is 1. The average molecular weight is 382 g/mol. The smallest absolute Gasteiger partial charge is 0.355 e. The minimum Gasteiger partial charge on any atom is -0.456 e. The van der Waals surface area contributed by atoms with Gasteiger partial charge in [0.1, 0.15) is 23.7 Å². The van der Waals surface area contributed by atoms with E-state index in [-0.39, 0.29) is 36.0 Å². The first-order chi connectivity index (χ1) is 8.72. The molecule has 10 heteroatoms. The quantitative estimate of drug-likeness (QED) is 0.448. The predicted molar refractivity (Wildman–Crippen MR) is 82.3 cm³/mol. The summed E-state index contributed by atoms with van der Waals surface area (Å²) in [6.45, 7) is 1.38. The number of esters is 1. The van der Waals surface area contributed by atoms with Gasteiger partial charge in [0, 0.05) is 5.75 Å². The first-order valence-corrected chi connectivity index (χ1v) is 7.54. The zero-order valence-corrected chi connectivity index (χ0v) is 14.2. The largest absolute Gasteiger partial charge is 0.456 e. The minimum absolute atomic E-state index is 0. The van der Waals surface area contributed by atoms with Crippen LogP contribution in [0, 0.1) is 0 Å². The van der Waals surface area contributed by atoms with Crippen molar-refractivity contribution in [2.24, 2.45) is 5.73 Å². The Hall–Kier alpha value is 0.150. The lowest BCUT2D eigenvalue weighted by Crippen LogP contribution is -2.68. The average Bonchev–Trinajstić information content (AvgIpc) is 2.33. The number of halogens is 4. The summed E-state index contributed by atoms with van der Waals surface area (Å²) in [5, 5.41) is -0.216. The van der Waals surface area contributed by atoms with Crippen LogP contribution >= 0.6 is 59.0 Å². The van der Waals surface area contributed by atoms with Gasteiger partial charge in [-0.1, -0.05) is 34.8 Å². The van der Waals surface area contributed by atoms with Gasteiger partial charge in [-0.15, -0.1) is 24.2 Å². The summed E-state index contributed by atoms with van der Waals surface area (Å²) in [5.41, 5.74) is 6.64. The molecule has 0 aliphatic carbocycles. The number of thioether (sulfide) groups is 1. The number of alkyl halides is 3. The molecule has 2 aliphatic heterocycles. The Morgan fingerprint density at radius 3 is 2.70 bits per heavy atom. The molecule has 1 unspecified atom stereocenters. The summed E-state index contributed by atoms with van der Waals surface area (Å²) >= 11 is 18.1. The van der Waals surface area contributed by atoms with Crippen molar-refractivity contribution >= 4 is 70.8 Å². The van der Waals surface area contributed by atoms with Crippen LogP contribution < -0.4 is 5.73 Å². The lowest BCUT2D eigenvalue weighted by molar-refractivity contribution is -0.150. The van der Waals surface area contributed by atoms with Crippen molar-refractivity contribution < 1.29 is 14.3 Å². The number of nitrogens with zero attached hydrogens (tertiary/aromatic N) is 1. The van der Waals surface area contributed by atoms with Gasteiger partial charge in [-0.25, -0.2) is 4.79 Å². The van der Waals surface area contributed by atoms with E-state index in [9.17, 15) is 9.59 Å². The number of rotatable bonds is 2. The summed E-state index contributed by atoms with van der Waals surface area (Å²) in [6.07, 6.45) is 0. The third-order valence-corrected chi connectivity index (χ3v) is 4.53. The first-order valence-electron chi connectivity index (χ1n) is 5.36. The lowest BCUT2D eigenvalue weighted by Gasteiger charge is -2.48. The number of β-lactam (4-membered cyclic amide) rings is 1. The molecule has 0 aromatic rings. The van der Waals surface area contributed by atoms with Crippen LogP contribution in [-0.2, 0) is 14.3 Å². The normalized spacial score (nSPS) is 25.6. The van der Waals surface area contributed by atoms with Gasteiger partial charge in [-0.2, -0.15) is 0 Å². The van der Waals surface area contributed by atoms with Crippen molar-refractivity contribution in [3.05, 3.63) is 11.3 Å². The molecule has 2 rings (SSSR count). The van der Waals surface area contributed by atoms with E-state index in [1.165, 1.54) is 16.7 Å². The predicted octanol–water partition coefficient (Wildman–Crippen LogP) is 1.84. The molecule has 0 radical (unpaired) electrons. The third-order valence-electron chi connectivity index (χ3n) is 2.76. The number of carbonyl (C=O) groups excluding carboxylic acids is 2. The molecule has 0 aromatic heterocycles. The van der Waals surface area contributed by atoms with Crippen molar-refractivity contribution in [1.82, 2.24) is 4.90 Å². The number of nitrogens with two attached hydrogens (primary N) is 1. The number of hydrogen-bond acceptors (Lipinski definition) is 5. The zero-order valence-electron chi connectivity index (χ0n) is 10.3. The summed E-state index contributed by atoms with van der Waals surface area (Å²) in [6, 6.07) is -0.575. The Morgan fingerprint density at radius 1 is 1.55 bits per heavy atom. The molecular weight excluding hydrogens is 370 g/mol. The van der Waals surface area contributed by atoms with E-state index in [0.29, 0.717) is 5.75 Å². The van der Waals surface area contributed by atoms with Crippen molar-refractivity contribution in [3.8, 4) is 0 Å². The Kier molecular flexibility index (Phi) is 5.92. The van der Waals surface area contributed by atoms with Crippen LogP contribution in [0.5, 0.6) is 0 Å². The summed E-state index contributed by atoms with van der Waals surface area (Å²) in [5.74, 6) is -0.355. The highest BCUT2D eigenvalue weighted by molar-refractivity contribution is 8.00. The molecule has 5 nitrogen and oxygen atoms in total. The summed E-state index contributed by atoms with van der Waals surface area (Å²) in [4.78, 5) is 25.1. The molecule has 2 atom stereocenters. The standard InChI is InChI=1S/C10H11Cl3N2O3S.ClH/c1-4-2-19-8-5(14)7(16)15(8)6(4)9(17)18-3-10(11,12)13;/h5,8H,2-3,14H2,1H3;1H/t5?,8-;/m0./s1. The molecule has 0 spiro atoms. The van der Waals surface area contributed by atoms with Crippen LogP contribution in [-0.4, -0.2) is 44.3 Å². The number of amides is 1. The molecule has 1 amide bonds. The van der Waals surface area contributed by atoms with Crippen molar-refractivity contribution in [2.75, 3.05) is 12.4 Å². The molecule has 0 aromatic carbocycles. The Balaban J connectivity index is 0.00000200. The topological polar surface area (TPSA) is 72.6 Å². The zero-order chi connectivity index (χ0) is 14.4. The first kappa shape index (κ1) is 18.2. The van der Waals surface area contributed by atoms with E-state index in [2.05, 4.69) is 0 Å². The molecule has 114 valence electrons. The molecule has 1 fully saturated rings. The number of fused-ring (bicyclic) bond motifs is 1. The molecule has 2 heterocycles. The highest BCUT2D eigenvalue weighted by atomic mass is 35.6. The second-order valence-corrected chi connectivity index (χ2v) is 7.88. The van der Waals surface area contributed by atoms with E-state index in [0.717, 1.165) is 5.57 Å². The molecule has 2 aliphatic rings. The highest BCUT2D eigenvalue weighted by Gasteiger charge is 2.51. The maximum Gasteiger partial charge on any atom is 0.355 e. The van der Waals surface area contributed by atoms with E-state index < -0.39 is 15.8 Å². The Bertz CT molecular complexity index is 466. The fraction of sp³-hybridized carbons (Fsp3) is 0.600. The molecule has 20 heavy (non-hydrogen) atoms. The monoisotopic (exact) mass is 380 g/mol. The Labute approximate surface area is 141 Å². The van der Waals surface area contributed by atoms with Gasteiger partial charge in [0.2, 0.25) is 9.70 Å². The lowest BCUT2D eigenvalue weighted by atomic mass is 10.0. The second kappa shape index (κ2) is 6.50. The Morgan fingerprint density at radius 2 is 2.15 bits per heavy atom. The van der Waals surface area contributed by atoms with Gasteiger partial charge in [0.25, 0.3) is 0 Å². The molecule has 0 bridgehead atoms. The maximum absolute atomic E-state index is 12.0. The fourth-order valence-corrected chi connectivity index (χ4v) is 3.28. The van der Waals surface area contributed by atoms with Gasteiger partial charge in [0.15, 0.2) is 0 Å². The van der Waals surface area contributed by atoms with Crippen molar-refractivity contribution in [2.45, 2.75) is 22.1 Å². The third kappa shape index (κ3) is 3.48. The maximum atomic E-state index is 12.0. The number of carbonyl (C=O) groups is 2. The highest BCUT2D eigenvalue weighted by Crippen LogP contribution is 2.39. The van der Waals surface area contributed by atoms with Crippen LogP contribution in [0.25, 0.3) is 0 Å². The van der Waals surface area contributed by atoms with Crippen LogP contribution in [0.15, 0.2) is 11.3 Å². The number of hydrogen-bond donors (Lipinski definition) is 1. The van der Waals surface area contributed by atoms with Crippen molar-refractivity contribution in [1.29, 1.82) is 0 Å². The molecular formula is C10H12Cl4N2O3S. The van der Waals surface area contributed by atoms with E-state index in [4.69, 9.17) is 45.3 Å². The SMILES string of the molecule is CC1=C(C(=O)OCC(Cl)(Cl)Cl)N2C(=O)C(N)[C@@H]2SC1.Cl. The molecule has 1 saturated heterocycles. The van der Waals surface area contributed by atoms with Crippen LogP contribution in [0.2, 0.25) is 0 Å². The minimum atomic E-state index is -1.68. The van der Waals surface area contributed by atoms with E-state index in [1.54, 1.807) is 6.92 Å². The van der Waals surface area contributed by atoms with Gasteiger partial charge in [-0.3, -0.25) is 9.69 Å². The fourth-order valence-electron chi connectivity index (χ4n) is 1.87. The van der Waals surface area contributed by atoms with Crippen LogP contribution in [0.1, 0.15) is 6.92 Å². The second-order valence-electron chi connectivity index (χ2n) is 4.26. The van der Waals surface area contributed by atoms with E-state index in [1.807, 2.05) is 0 Å². The van der Waals surface area contributed by atoms with Gasteiger partial charge in [0.05, 0.1) is 0 Å². The van der Waals surface area contributed by atoms with Gasteiger partial charge >= 0.3 is 5.97 Å². The molecule has 2 N–H and O–H groups in total. The van der Waals surface area contributed by atoms with Crippen LogP contribution in [0.4, 0.5) is 0 Å². The van der Waals surface area contributed by atoms with Crippen LogP contribution in [0.3, 0.4) is 0 Å². The van der Waals surface area contributed by atoms with Crippen molar-refractivity contribution in [3.63, 3.8) is 0 Å². The molecule has 0 saturated carbocycles. The van der Waals surface area contributed by atoms with Gasteiger partial charge in [-0.05, 0) is 12.5 Å².